The van der Waals surface area contributed by atoms with Crippen LogP contribution in [-0.4, -0.2) is 28.3 Å². The van der Waals surface area contributed by atoms with Crippen molar-refractivity contribution in [2.75, 3.05) is 10.6 Å². The number of carbonyl (C=O) groups is 3. The van der Waals surface area contributed by atoms with Crippen molar-refractivity contribution in [2.24, 2.45) is 11.8 Å². The predicted molar refractivity (Wildman–Crippen MR) is 150 cm³/mol. The molecular formula is C31H32ClFN2O4. The third-order valence-corrected chi connectivity index (χ3v) is 7.77. The monoisotopic (exact) mass is 550 g/mol. The fourth-order valence-corrected chi connectivity index (χ4v) is 5.89. The Kier molecular flexibility index (Phi) is 7.96. The van der Waals surface area contributed by atoms with Crippen molar-refractivity contribution in [3.8, 4) is 0 Å². The van der Waals surface area contributed by atoms with Crippen molar-refractivity contribution in [1.82, 2.24) is 0 Å². The zero-order chi connectivity index (χ0) is 28.6. The summed E-state index contributed by atoms with van der Waals surface area (Å²) in [5.74, 6) is -6.94. The molecule has 0 spiro atoms. The maximum Gasteiger partial charge on any atom is 0.235 e. The maximum atomic E-state index is 15.4. The standard InChI is InChI=1S/C31H32ClFN2O4/c1-16-9-11-22(18(3)13-16)34-29(37)26-24(36)15-31(5,39)28(27(26)25-20(32)7-6-8-21(25)33)30(38)35-23-12-10-17(2)14-19(23)4/h6-14,26-28,39H,15H2,1-5H3,(H,34,37)(H,35,38). The second kappa shape index (κ2) is 10.9. The summed E-state index contributed by atoms with van der Waals surface area (Å²) in [6.45, 7) is 8.85. The lowest BCUT2D eigenvalue weighted by atomic mass is 9.61. The van der Waals surface area contributed by atoms with Crippen molar-refractivity contribution in [3.63, 3.8) is 0 Å². The smallest absolute Gasteiger partial charge is 0.235 e. The molecule has 1 aliphatic carbocycles. The number of benzene rings is 3. The van der Waals surface area contributed by atoms with Gasteiger partial charge >= 0.3 is 0 Å². The van der Waals surface area contributed by atoms with E-state index in [-0.39, 0.29) is 10.6 Å². The van der Waals surface area contributed by atoms with E-state index in [1.165, 1.54) is 19.1 Å². The van der Waals surface area contributed by atoms with E-state index in [1.54, 1.807) is 12.1 Å². The van der Waals surface area contributed by atoms with Gasteiger partial charge in [0, 0.05) is 34.3 Å². The topological polar surface area (TPSA) is 95.5 Å². The van der Waals surface area contributed by atoms with Gasteiger partial charge in [-0.25, -0.2) is 4.39 Å². The fraction of sp³-hybridized carbons (Fsp3) is 0.323. The summed E-state index contributed by atoms with van der Waals surface area (Å²) in [5, 5.41) is 17.0. The Labute approximate surface area is 232 Å². The first-order chi connectivity index (χ1) is 18.3. The second-order valence-electron chi connectivity index (χ2n) is 10.7. The molecule has 1 aliphatic rings. The summed E-state index contributed by atoms with van der Waals surface area (Å²) in [6, 6.07) is 14.9. The van der Waals surface area contributed by atoms with Crippen LogP contribution in [-0.2, 0) is 14.4 Å². The molecule has 204 valence electrons. The summed E-state index contributed by atoms with van der Waals surface area (Å²) in [6.07, 6.45) is -0.467. The molecule has 2 amide bonds. The number of aliphatic hydroxyl groups is 1. The van der Waals surface area contributed by atoms with Crippen LogP contribution in [0.15, 0.2) is 54.6 Å². The van der Waals surface area contributed by atoms with Crippen molar-refractivity contribution in [1.29, 1.82) is 0 Å². The molecule has 1 fully saturated rings. The van der Waals surface area contributed by atoms with Gasteiger partial charge in [0.25, 0.3) is 0 Å². The molecule has 39 heavy (non-hydrogen) atoms. The molecule has 4 rings (SSSR count). The first kappa shape index (κ1) is 28.5. The summed E-state index contributed by atoms with van der Waals surface area (Å²) in [5.41, 5.74) is 2.52. The Balaban J connectivity index is 1.83. The Morgan fingerprint density at radius 2 is 1.46 bits per heavy atom. The minimum atomic E-state index is -1.88. The van der Waals surface area contributed by atoms with Gasteiger partial charge in [-0.3, -0.25) is 14.4 Å². The molecule has 0 heterocycles. The van der Waals surface area contributed by atoms with Crippen molar-refractivity contribution in [3.05, 3.63) is 93.3 Å². The van der Waals surface area contributed by atoms with E-state index in [2.05, 4.69) is 10.6 Å². The van der Waals surface area contributed by atoms with E-state index in [9.17, 15) is 19.5 Å². The zero-order valence-electron chi connectivity index (χ0n) is 22.6. The molecule has 0 saturated heterocycles. The highest BCUT2D eigenvalue weighted by Gasteiger charge is 2.57. The van der Waals surface area contributed by atoms with Crippen molar-refractivity contribution in [2.45, 2.75) is 52.6 Å². The van der Waals surface area contributed by atoms with E-state index in [1.807, 2.05) is 52.0 Å². The number of aryl methyl sites for hydroxylation is 4. The van der Waals surface area contributed by atoms with E-state index >= 15 is 4.39 Å². The highest BCUT2D eigenvalue weighted by Crippen LogP contribution is 2.49. The number of hydrogen-bond donors (Lipinski definition) is 3. The highest BCUT2D eigenvalue weighted by atomic mass is 35.5. The van der Waals surface area contributed by atoms with Gasteiger partial charge in [-0.2, -0.15) is 0 Å². The summed E-state index contributed by atoms with van der Waals surface area (Å²) >= 11 is 6.45. The van der Waals surface area contributed by atoms with Crippen LogP contribution in [0.2, 0.25) is 5.02 Å². The zero-order valence-corrected chi connectivity index (χ0v) is 23.3. The Hall–Kier alpha value is -3.55. The minimum Gasteiger partial charge on any atom is -0.389 e. The molecule has 3 N–H and O–H groups in total. The molecule has 1 saturated carbocycles. The Morgan fingerprint density at radius 1 is 0.923 bits per heavy atom. The van der Waals surface area contributed by atoms with Crippen LogP contribution in [0, 0.1) is 45.3 Å². The van der Waals surface area contributed by atoms with Crippen LogP contribution in [0.25, 0.3) is 0 Å². The lowest BCUT2D eigenvalue weighted by molar-refractivity contribution is -0.150. The normalized spacial score (nSPS) is 22.9. The number of ketones is 1. The lowest BCUT2D eigenvalue weighted by Gasteiger charge is -2.44. The van der Waals surface area contributed by atoms with E-state index in [4.69, 9.17) is 11.6 Å². The molecular weight excluding hydrogens is 519 g/mol. The average Bonchev–Trinajstić information content (AvgIpc) is 2.81. The van der Waals surface area contributed by atoms with Crippen LogP contribution >= 0.6 is 11.6 Å². The van der Waals surface area contributed by atoms with Crippen molar-refractivity contribution >= 4 is 40.6 Å². The Bertz CT molecular complexity index is 1450. The van der Waals surface area contributed by atoms with Gasteiger partial charge in [0.2, 0.25) is 11.8 Å². The molecule has 8 heteroatoms. The quantitative estimate of drug-likeness (QED) is 0.338. The molecule has 0 aromatic heterocycles. The molecule has 0 aliphatic heterocycles. The average molecular weight is 551 g/mol. The summed E-state index contributed by atoms with van der Waals surface area (Å²) in [7, 11) is 0. The van der Waals surface area contributed by atoms with Gasteiger partial charge in [0.05, 0.1) is 11.5 Å². The number of hydrogen-bond acceptors (Lipinski definition) is 4. The van der Waals surface area contributed by atoms with Gasteiger partial charge in [-0.15, -0.1) is 0 Å². The second-order valence-corrected chi connectivity index (χ2v) is 11.1. The molecule has 6 nitrogen and oxygen atoms in total. The third kappa shape index (κ3) is 5.75. The maximum absolute atomic E-state index is 15.4. The molecule has 0 bridgehead atoms. The Morgan fingerprint density at radius 3 is 1.97 bits per heavy atom. The van der Waals surface area contributed by atoms with Gasteiger partial charge in [-0.1, -0.05) is 53.1 Å². The number of carbonyl (C=O) groups excluding carboxylic acids is 3. The van der Waals surface area contributed by atoms with E-state index < -0.39 is 53.2 Å². The number of amides is 2. The van der Waals surface area contributed by atoms with Crippen molar-refractivity contribution < 1.29 is 23.9 Å². The molecule has 3 aromatic carbocycles. The number of anilines is 2. The summed E-state index contributed by atoms with van der Waals surface area (Å²) < 4.78 is 15.4. The number of halogens is 2. The third-order valence-electron chi connectivity index (χ3n) is 7.44. The molecule has 0 radical (unpaired) electrons. The molecule has 4 unspecified atom stereocenters. The van der Waals surface area contributed by atoms with Crippen LogP contribution in [0.4, 0.5) is 15.8 Å². The summed E-state index contributed by atoms with van der Waals surface area (Å²) in [4.78, 5) is 41.1. The van der Waals surface area contributed by atoms with Gasteiger partial charge in [0.1, 0.15) is 17.5 Å². The molecule has 3 aromatic rings. The fourth-order valence-electron chi connectivity index (χ4n) is 5.60. The predicted octanol–water partition coefficient (Wildman–Crippen LogP) is 6.03. The largest absolute Gasteiger partial charge is 0.389 e. The first-order valence-electron chi connectivity index (χ1n) is 12.8. The highest BCUT2D eigenvalue weighted by molar-refractivity contribution is 6.31. The van der Waals surface area contributed by atoms with Gasteiger partial charge < -0.3 is 15.7 Å². The number of rotatable bonds is 5. The van der Waals surface area contributed by atoms with Crippen LogP contribution in [0.1, 0.15) is 47.1 Å². The van der Waals surface area contributed by atoms with Crippen LogP contribution < -0.4 is 10.6 Å². The van der Waals surface area contributed by atoms with E-state index in [0.717, 1.165) is 28.3 Å². The van der Waals surface area contributed by atoms with Gasteiger partial charge in [-0.05, 0) is 70.0 Å². The number of nitrogens with one attached hydrogen (secondary N) is 2. The number of Topliss-reactive ketones (excluding diaryl/α,β-unsaturated/α-hetero) is 1. The minimum absolute atomic E-state index is 0.0425. The van der Waals surface area contributed by atoms with Gasteiger partial charge in [0.15, 0.2) is 0 Å². The lowest BCUT2D eigenvalue weighted by Crippen LogP contribution is -2.56. The SMILES string of the molecule is Cc1ccc(NC(=O)C2C(=O)CC(C)(O)C(C(=O)Nc3ccc(C)cc3C)C2c2c(F)cccc2Cl)c(C)c1. The van der Waals surface area contributed by atoms with E-state index in [0.29, 0.717) is 11.4 Å². The van der Waals surface area contributed by atoms with Crippen LogP contribution in [0.5, 0.6) is 0 Å². The molecule has 4 atom stereocenters. The van der Waals surface area contributed by atoms with Crippen LogP contribution in [0.3, 0.4) is 0 Å². The first-order valence-corrected chi connectivity index (χ1v) is 13.1.